The third-order valence-electron chi connectivity index (χ3n) is 5.34. The summed E-state index contributed by atoms with van der Waals surface area (Å²) in [5.74, 6) is -1.01. The molecule has 3 aromatic rings. The van der Waals surface area contributed by atoms with E-state index >= 15 is 0 Å². The van der Waals surface area contributed by atoms with Crippen LogP contribution in [0.15, 0.2) is 53.1 Å². The maximum Gasteiger partial charge on any atom is 0.224 e. The van der Waals surface area contributed by atoms with E-state index in [9.17, 15) is 13.6 Å². The Morgan fingerprint density at radius 3 is 2.68 bits per heavy atom. The van der Waals surface area contributed by atoms with Gasteiger partial charge in [-0.1, -0.05) is 12.1 Å². The quantitative estimate of drug-likeness (QED) is 0.647. The molecule has 0 saturated carbocycles. The molecule has 0 atom stereocenters. The number of carbonyl (C=O) groups is 1. The van der Waals surface area contributed by atoms with E-state index in [1.165, 1.54) is 12.3 Å². The van der Waals surface area contributed by atoms with Crippen molar-refractivity contribution in [1.82, 2.24) is 9.88 Å². The number of rotatable bonds is 6. The van der Waals surface area contributed by atoms with Crippen LogP contribution in [0, 0.1) is 11.6 Å². The third kappa shape index (κ3) is 5.08. The summed E-state index contributed by atoms with van der Waals surface area (Å²) in [6, 6.07) is 11.0. The van der Waals surface area contributed by atoms with Crippen LogP contribution in [0.2, 0.25) is 0 Å². The highest BCUT2D eigenvalue weighted by Gasteiger charge is 2.18. The summed E-state index contributed by atoms with van der Waals surface area (Å²) in [6.45, 7) is 3.76. The summed E-state index contributed by atoms with van der Waals surface area (Å²) in [4.78, 5) is 21.2. The molecule has 1 aliphatic heterocycles. The highest BCUT2D eigenvalue weighted by atomic mass is 19.1. The van der Waals surface area contributed by atoms with E-state index in [1.54, 1.807) is 0 Å². The smallest absolute Gasteiger partial charge is 0.224 e. The van der Waals surface area contributed by atoms with E-state index in [2.05, 4.69) is 27.1 Å². The standard InChI is InChI=1S/C23H24F2N4O2/c1-28-10-12-29(13-11-28)20-5-3-2-4-19(20)27-22(30)8-9-23-26-15-21(31-23)17-7-6-16(24)14-18(17)25/h2-7,14-15H,8-13H2,1H3,(H,27,30). The largest absolute Gasteiger partial charge is 0.441 e. The first kappa shape index (κ1) is 21.0. The van der Waals surface area contributed by atoms with Gasteiger partial charge in [0.05, 0.1) is 23.1 Å². The molecule has 1 amide bonds. The second-order valence-electron chi connectivity index (χ2n) is 7.60. The van der Waals surface area contributed by atoms with Gasteiger partial charge in [-0.3, -0.25) is 4.79 Å². The fraction of sp³-hybridized carbons (Fsp3) is 0.304. The molecule has 4 rings (SSSR count). The predicted octanol–water partition coefficient (Wildman–Crippen LogP) is 3.94. The van der Waals surface area contributed by atoms with Crippen molar-refractivity contribution in [1.29, 1.82) is 0 Å². The molecule has 8 heteroatoms. The molecule has 1 aromatic heterocycles. The number of benzene rings is 2. The first-order chi connectivity index (χ1) is 15.0. The number of hydrogen-bond donors (Lipinski definition) is 1. The molecule has 0 spiro atoms. The Morgan fingerprint density at radius 1 is 1.13 bits per heavy atom. The van der Waals surface area contributed by atoms with Crippen LogP contribution >= 0.6 is 0 Å². The second-order valence-corrected chi connectivity index (χ2v) is 7.60. The summed E-state index contributed by atoms with van der Waals surface area (Å²) in [5.41, 5.74) is 1.92. The number of anilines is 2. The van der Waals surface area contributed by atoms with Crippen molar-refractivity contribution >= 4 is 17.3 Å². The van der Waals surface area contributed by atoms with Crippen LogP contribution in [-0.4, -0.2) is 49.0 Å². The van der Waals surface area contributed by atoms with Crippen LogP contribution in [0.25, 0.3) is 11.3 Å². The zero-order chi connectivity index (χ0) is 21.8. The molecule has 2 aromatic carbocycles. The first-order valence-corrected chi connectivity index (χ1v) is 10.2. The normalized spacial score (nSPS) is 14.6. The van der Waals surface area contributed by atoms with Gasteiger partial charge >= 0.3 is 0 Å². The van der Waals surface area contributed by atoms with E-state index in [1.807, 2.05) is 24.3 Å². The average molecular weight is 426 g/mol. The zero-order valence-corrected chi connectivity index (χ0v) is 17.3. The van der Waals surface area contributed by atoms with E-state index in [-0.39, 0.29) is 30.1 Å². The lowest BCUT2D eigenvalue weighted by molar-refractivity contribution is -0.116. The Hall–Kier alpha value is -3.26. The Bertz CT molecular complexity index is 1060. The summed E-state index contributed by atoms with van der Waals surface area (Å²) in [7, 11) is 2.10. The number of aromatic nitrogens is 1. The lowest BCUT2D eigenvalue weighted by Gasteiger charge is -2.35. The molecule has 0 bridgehead atoms. The number of aryl methyl sites for hydroxylation is 1. The van der Waals surface area contributed by atoms with Crippen molar-refractivity contribution in [3.8, 4) is 11.3 Å². The van der Waals surface area contributed by atoms with Gasteiger partial charge in [-0.2, -0.15) is 0 Å². The van der Waals surface area contributed by atoms with Gasteiger partial charge in [0, 0.05) is 45.1 Å². The van der Waals surface area contributed by atoms with Gasteiger partial charge in [0.15, 0.2) is 11.7 Å². The second kappa shape index (κ2) is 9.26. The number of hydrogen-bond acceptors (Lipinski definition) is 5. The number of nitrogens with one attached hydrogen (secondary N) is 1. The van der Waals surface area contributed by atoms with Crippen molar-refractivity contribution < 1.29 is 18.0 Å². The minimum absolute atomic E-state index is 0.130. The molecule has 162 valence electrons. The maximum atomic E-state index is 13.9. The zero-order valence-electron chi connectivity index (χ0n) is 17.3. The van der Waals surface area contributed by atoms with Gasteiger partial charge in [0.1, 0.15) is 11.6 Å². The van der Waals surface area contributed by atoms with Crippen molar-refractivity contribution in [2.24, 2.45) is 0 Å². The molecule has 1 aliphatic rings. The molecule has 1 fully saturated rings. The lowest BCUT2D eigenvalue weighted by Crippen LogP contribution is -2.44. The van der Waals surface area contributed by atoms with Gasteiger partial charge < -0.3 is 19.5 Å². The summed E-state index contributed by atoms with van der Waals surface area (Å²) in [5, 5.41) is 2.98. The van der Waals surface area contributed by atoms with Gasteiger partial charge in [0.2, 0.25) is 5.91 Å². The van der Waals surface area contributed by atoms with Crippen LogP contribution in [0.1, 0.15) is 12.3 Å². The molecule has 0 radical (unpaired) electrons. The summed E-state index contributed by atoms with van der Waals surface area (Å²) in [6.07, 6.45) is 1.82. The Labute approximate surface area is 179 Å². The number of nitrogens with zero attached hydrogens (tertiary/aromatic N) is 3. The van der Waals surface area contributed by atoms with Crippen molar-refractivity contribution in [2.45, 2.75) is 12.8 Å². The van der Waals surface area contributed by atoms with Crippen LogP contribution in [-0.2, 0) is 11.2 Å². The van der Waals surface area contributed by atoms with Gasteiger partial charge in [0.25, 0.3) is 0 Å². The summed E-state index contributed by atoms with van der Waals surface area (Å²) < 4.78 is 32.6. The highest BCUT2D eigenvalue weighted by Crippen LogP contribution is 2.27. The molecule has 2 heterocycles. The number of carbonyl (C=O) groups excluding carboxylic acids is 1. The monoisotopic (exact) mass is 426 g/mol. The van der Waals surface area contributed by atoms with Gasteiger partial charge in [-0.25, -0.2) is 13.8 Å². The molecular formula is C23H24F2N4O2. The van der Waals surface area contributed by atoms with E-state index in [0.29, 0.717) is 5.89 Å². The first-order valence-electron chi connectivity index (χ1n) is 10.2. The molecule has 0 aliphatic carbocycles. The van der Waals surface area contributed by atoms with E-state index < -0.39 is 11.6 Å². The van der Waals surface area contributed by atoms with Gasteiger partial charge in [-0.15, -0.1) is 0 Å². The maximum absolute atomic E-state index is 13.9. The lowest BCUT2D eigenvalue weighted by atomic mass is 10.2. The molecule has 6 nitrogen and oxygen atoms in total. The fourth-order valence-corrected chi connectivity index (χ4v) is 3.58. The number of para-hydroxylation sites is 2. The number of likely N-dealkylation sites (N-methyl/N-ethyl adjacent to an activating group) is 1. The van der Waals surface area contributed by atoms with Crippen molar-refractivity contribution in [2.75, 3.05) is 43.4 Å². The number of oxazole rings is 1. The van der Waals surface area contributed by atoms with Crippen molar-refractivity contribution in [3.63, 3.8) is 0 Å². The minimum Gasteiger partial charge on any atom is -0.441 e. The van der Waals surface area contributed by atoms with Gasteiger partial charge in [-0.05, 0) is 31.3 Å². The van der Waals surface area contributed by atoms with E-state index in [4.69, 9.17) is 4.42 Å². The Kier molecular flexibility index (Phi) is 6.27. The molecular weight excluding hydrogens is 402 g/mol. The highest BCUT2D eigenvalue weighted by molar-refractivity contribution is 5.94. The van der Waals surface area contributed by atoms with E-state index in [0.717, 1.165) is 49.7 Å². The number of halogens is 2. The number of amides is 1. The number of piperazine rings is 1. The van der Waals surface area contributed by atoms with Crippen molar-refractivity contribution in [3.05, 3.63) is 66.2 Å². The third-order valence-corrected chi connectivity index (χ3v) is 5.34. The van der Waals surface area contributed by atoms with Crippen LogP contribution < -0.4 is 10.2 Å². The summed E-state index contributed by atoms with van der Waals surface area (Å²) >= 11 is 0. The predicted molar refractivity (Wildman–Crippen MR) is 115 cm³/mol. The fourth-order valence-electron chi connectivity index (χ4n) is 3.58. The molecule has 31 heavy (non-hydrogen) atoms. The molecule has 0 unspecified atom stereocenters. The molecule has 1 N–H and O–H groups in total. The minimum atomic E-state index is -0.721. The Morgan fingerprint density at radius 2 is 1.90 bits per heavy atom. The average Bonchev–Trinajstić information content (AvgIpc) is 3.22. The topological polar surface area (TPSA) is 61.6 Å². The van der Waals surface area contributed by atoms with Crippen LogP contribution in [0.3, 0.4) is 0 Å². The molecule has 1 saturated heterocycles. The Balaban J connectivity index is 1.37. The van der Waals surface area contributed by atoms with Crippen LogP contribution in [0.5, 0.6) is 0 Å². The SMILES string of the molecule is CN1CCN(c2ccccc2NC(=O)CCc2ncc(-c3ccc(F)cc3F)o2)CC1. The van der Waals surface area contributed by atoms with Crippen LogP contribution in [0.4, 0.5) is 20.2 Å².